The van der Waals surface area contributed by atoms with Crippen LogP contribution in [0.15, 0.2) is 42.5 Å². The summed E-state index contributed by atoms with van der Waals surface area (Å²) in [6, 6.07) is 15.0. The first-order valence-corrected chi connectivity index (χ1v) is 10.2. The Morgan fingerprint density at radius 1 is 1.28 bits per heavy atom. The number of nitrogens with one attached hydrogen (secondary N) is 1. The summed E-state index contributed by atoms with van der Waals surface area (Å²) in [4.78, 5) is 15.1. The summed E-state index contributed by atoms with van der Waals surface area (Å²) < 4.78 is 11.3. The van der Waals surface area contributed by atoms with E-state index in [0.717, 1.165) is 49.2 Å². The van der Waals surface area contributed by atoms with Crippen LogP contribution in [0.1, 0.15) is 30.4 Å². The zero-order valence-electron chi connectivity index (χ0n) is 16.4. The summed E-state index contributed by atoms with van der Waals surface area (Å²) in [7, 11) is 0. The second kappa shape index (κ2) is 8.97. The number of hydrogen-bond donors (Lipinski definition) is 1. The van der Waals surface area contributed by atoms with Gasteiger partial charge in [0.2, 0.25) is 5.91 Å². The number of carbonyl (C=O) groups is 1. The fourth-order valence-electron chi connectivity index (χ4n) is 3.98. The van der Waals surface area contributed by atoms with E-state index >= 15 is 0 Å². The molecule has 6 nitrogen and oxygen atoms in total. The van der Waals surface area contributed by atoms with E-state index in [-0.39, 0.29) is 11.9 Å². The molecule has 2 aliphatic heterocycles. The minimum atomic E-state index is -0.151. The van der Waals surface area contributed by atoms with Crippen molar-refractivity contribution in [1.82, 2.24) is 4.90 Å². The first-order valence-electron chi connectivity index (χ1n) is 10.2. The Morgan fingerprint density at radius 2 is 2.21 bits per heavy atom. The minimum absolute atomic E-state index is 0.0371. The van der Waals surface area contributed by atoms with Crippen molar-refractivity contribution in [2.75, 3.05) is 31.6 Å². The van der Waals surface area contributed by atoms with Crippen molar-refractivity contribution in [2.45, 2.75) is 31.7 Å². The summed E-state index contributed by atoms with van der Waals surface area (Å²) in [6.07, 6.45) is 3.88. The average molecular weight is 391 g/mol. The maximum absolute atomic E-state index is 12.9. The molecule has 6 heteroatoms. The number of hydrogen-bond acceptors (Lipinski definition) is 5. The van der Waals surface area contributed by atoms with Crippen LogP contribution in [0.25, 0.3) is 0 Å². The third kappa shape index (κ3) is 4.69. The van der Waals surface area contributed by atoms with Crippen LogP contribution < -0.4 is 14.8 Å². The molecule has 0 aromatic heterocycles. The van der Waals surface area contributed by atoms with E-state index in [4.69, 9.17) is 14.7 Å². The van der Waals surface area contributed by atoms with Crippen LogP contribution in [-0.4, -0.2) is 43.2 Å². The lowest BCUT2D eigenvalue weighted by Crippen LogP contribution is -2.48. The van der Waals surface area contributed by atoms with Gasteiger partial charge in [0.05, 0.1) is 24.3 Å². The lowest BCUT2D eigenvalue weighted by atomic mass is 10.0. The second-order valence-corrected chi connectivity index (χ2v) is 7.45. The van der Waals surface area contributed by atoms with Crippen LogP contribution in [-0.2, 0) is 11.2 Å². The smallest absolute Gasteiger partial charge is 0.241 e. The number of rotatable bonds is 6. The summed E-state index contributed by atoms with van der Waals surface area (Å²) in [5.41, 5.74) is 2.56. The number of nitriles is 1. The molecule has 2 aromatic rings. The molecule has 1 fully saturated rings. The van der Waals surface area contributed by atoms with Crippen molar-refractivity contribution in [3.05, 3.63) is 53.6 Å². The van der Waals surface area contributed by atoms with Crippen LogP contribution >= 0.6 is 0 Å². The highest BCUT2D eigenvalue weighted by molar-refractivity contribution is 5.95. The minimum Gasteiger partial charge on any atom is -0.493 e. The van der Waals surface area contributed by atoms with Crippen molar-refractivity contribution in [3.8, 4) is 17.6 Å². The van der Waals surface area contributed by atoms with E-state index in [1.54, 1.807) is 12.1 Å². The molecule has 150 valence electrons. The summed E-state index contributed by atoms with van der Waals surface area (Å²) in [6.45, 7) is 2.75. The van der Waals surface area contributed by atoms with Gasteiger partial charge in [-0.15, -0.1) is 0 Å². The Bertz CT molecular complexity index is 922. The number of nitrogens with zero attached hydrogens (tertiary/aromatic N) is 2. The van der Waals surface area contributed by atoms with Crippen LogP contribution in [0, 0.1) is 11.3 Å². The van der Waals surface area contributed by atoms with E-state index in [2.05, 4.69) is 16.3 Å². The molecule has 2 heterocycles. The maximum Gasteiger partial charge on any atom is 0.241 e. The third-order valence-electron chi connectivity index (χ3n) is 5.48. The molecule has 2 aliphatic rings. The number of benzene rings is 2. The molecule has 0 radical (unpaired) electrons. The van der Waals surface area contributed by atoms with Crippen LogP contribution in [0.5, 0.6) is 11.5 Å². The molecule has 2 aromatic carbocycles. The summed E-state index contributed by atoms with van der Waals surface area (Å²) in [5.74, 6) is 1.64. The van der Waals surface area contributed by atoms with Crippen LogP contribution in [0.2, 0.25) is 0 Å². The normalized spacial score (nSPS) is 18.4. The van der Waals surface area contributed by atoms with E-state index < -0.39 is 0 Å². The first kappa shape index (κ1) is 19.3. The van der Waals surface area contributed by atoms with Gasteiger partial charge in [-0.25, -0.2) is 0 Å². The Kier molecular flexibility index (Phi) is 5.97. The van der Waals surface area contributed by atoms with Crippen LogP contribution in [0.3, 0.4) is 0 Å². The van der Waals surface area contributed by atoms with E-state index in [0.29, 0.717) is 31.1 Å². The molecule has 0 unspecified atom stereocenters. The molecule has 29 heavy (non-hydrogen) atoms. The van der Waals surface area contributed by atoms with Gasteiger partial charge in [-0.2, -0.15) is 5.26 Å². The zero-order valence-corrected chi connectivity index (χ0v) is 16.4. The van der Waals surface area contributed by atoms with Gasteiger partial charge in [0.1, 0.15) is 18.1 Å². The molecule has 1 atom stereocenters. The Morgan fingerprint density at radius 3 is 3.10 bits per heavy atom. The topological polar surface area (TPSA) is 74.6 Å². The SMILES string of the molecule is N#Cc1cccc(OCCN2CCCC[C@@H]2C(=O)Nc2ccc3c(c2)CCO3)c1. The Balaban J connectivity index is 1.34. The van der Waals surface area contributed by atoms with Crippen molar-refractivity contribution in [1.29, 1.82) is 5.26 Å². The third-order valence-corrected chi connectivity index (χ3v) is 5.48. The van der Waals surface area contributed by atoms with E-state index in [1.165, 1.54) is 0 Å². The van der Waals surface area contributed by atoms with Crippen LogP contribution in [0.4, 0.5) is 5.69 Å². The Labute approximate surface area is 171 Å². The second-order valence-electron chi connectivity index (χ2n) is 7.45. The van der Waals surface area contributed by atoms with Gasteiger partial charge in [0.25, 0.3) is 0 Å². The fourth-order valence-corrected chi connectivity index (χ4v) is 3.98. The van der Waals surface area contributed by atoms with Gasteiger partial charge >= 0.3 is 0 Å². The molecule has 0 saturated carbocycles. The maximum atomic E-state index is 12.9. The lowest BCUT2D eigenvalue weighted by Gasteiger charge is -2.34. The van der Waals surface area contributed by atoms with Crippen molar-refractivity contribution in [2.24, 2.45) is 0 Å². The average Bonchev–Trinajstić information content (AvgIpc) is 3.22. The van der Waals surface area contributed by atoms with Gasteiger partial charge in [0, 0.05) is 18.7 Å². The number of fused-ring (bicyclic) bond motifs is 1. The fraction of sp³-hybridized carbons (Fsp3) is 0.391. The number of piperidine rings is 1. The summed E-state index contributed by atoms with van der Waals surface area (Å²) in [5, 5.41) is 12.1. The highest BCUT2D eigenvalue weighted by atomic mass is 16.5. The van der Waals surface area contributed by atoms with E-state index in [1.807, 2.05) is 30.3 Å². The predicted octanol–water partition coefficient (Wildman–Crippen LogP) is 3.37. The number of amides is 1. The molecule has 0 aliphatic carbocycles. The molecule has 0 bridgehead atoms. The molecule has 0 spiro atoms. The highest BCUT2D eigenvalue weighted by Gasteiger charge is 2.28. The predicted molar refractivity (Wildman–Crippen MR) is 110 cm³/mol. The van der Waals surface area contributed by atoms with Gasteiger partial charge in [-0.1, -0.05) is 12.5 Å². The molecule has 4 rings (SSSR count). The molecule has 1 saturated heterocycles. The highest BCUT2D eigenvalue weighted by Crippen LogP contribution is 2.28. The molecular formula is C23H25N3O3. The number of ether oxygens (including phenoxy) is 2. The summed E-state index contributed by atoms with van der Waals surface area (Å²) >= 11 is 0. The van der Waals surface area contributed by atoms with Gasteiger partial charge in [-0.3, -0.25) is 9.69 Å². The monoisotopic (exact) mass is 391 g/mol. The molecule has 1 amide bonds. The van der Waals surface area contributed by atoms with Crippen molar-refractivity contribution < 1.29 is 14.3 Å². The van der Waals surface area contributed by atoms with Gasteiger partial charge in [-0.05, 0) is 61.3 Å². The van der Waals surface area contributed by atoms with Crippen molar-refractivity contribution in [3.63, 3.8) is 0 Å². The lowest BCUT2D eigenvalue weighted by molar-refractivity contribution is -0.122. The number of likely N-dealkylation sites (tertiary alicyclic amines) is 1. The van der Waals surface area contributed by atoms with Crippen molar-refractivity contribution >= 4 is 11.6 Å². The van der Waals surface area contributed by atoms with E-state index in [9.17, 15) is 4.79 Å². The molecular weight excluding hydrogens is 366 g/mol. The van der Waals surface area contributed by atoms with Gasteiger partial charge in [0.15, 0.2) is 0 Å². The zero-order chi connectivity index (χ0) is 20.1. The first-order chi connectivity index (χ1) is 14.2. The number of anilines is 1. The largest absolute Gasteiger partial charge is 0.493 e. The standard InChI is InChI=1S/C23H25N3O3/c24-16-17-4-3-5-20(14-17)28-13-11-26-10-2-1-6-21(26)23(27)25-19-7-8-22-18(15-19)9-12-29-22/h3-5,7-8,14-15,21H,1-2,6,9-13H2,(H,25,27)/t21-/m1/s1. The quantitative estimate of drug-likeness (QED) is 0.817. The molecule has 1 N–H and O–H groups in total. The Hall–Kier alpha value is -3.04. The van der Waals surface area contributed by atoms with Gasteiger partial charge < -0.3 is 14.8 Å². The number of carbonyl (C=O) groups excluding carboxylic acids is 1.